The second kappa shape index (κ2) is 7.03. The van der Waals surface area contributed by atoms with Crippen LogP contribution >= 0.6 is 11.3 Å². The fourth-order valence-corrected chi connectivity index (χ4v) is 3.85. The van der Waals surface area contributed by atoms with Crippen LogP contribution in [0.1, 0.15) is 11.1 Å². The van der Waals surface area contributed by atoms with Crippen LogP contribution in [0.2, 0.25) is 0 Å². The molecule has 0 amide bonds. The van der Waals surface area contributed by atoms with Crippen molar-refractivity contribution in [3.8, 4) is 11.1 Å². The van der Waals surface area contributed by atoms with Crippen molar-refractivity contribution < 1.29 is 0 Å². The monoisotopic (exact) mass is 345 g/mol. The van der Waals surface area contributed by atoms with Crippen LogP contribution in [0.3, 0.4) is 0 Å². The van der Waals surface area contributed by atoms with Gasteiger partial charge in [-0.25, -0.2) is 4.98 Å². The predicted molar refractivity (Wildman–Crippen MR) is 106 cm³/mol. The van der Waals surface area contributed by atoms with Gasteiger partial charge in [-0.3, -0.25) is 4.98 Å². The van der Waals surface area contributed by atoms with Gasteiger partial charge in [0.25, 0.3) is 0 Å². The van der Waals surface area contributed by atoms with Gasteiger partial charge in [-0.15, -0.1) is 0 Å². The van der Waals surface area contributed by atoms with Crippen LogP contribution in [0.25, 0.3) is 21.3 Å². The molecule has 2 aromatic heterocycles. The second-order valence-electron chi connectivity index (χ2n) is 6.04. The number of nitrogens with zero attached hydrogens (tertiary/aromatic N) is 2. The van der Waals surface area contributed by atoms with Gasteiger partial charge in [0, 0.05) is 18.9 Å². The average Bonchev–Trinajstić information content (AvgIpc) is 3.06. The molecule has 2 aromatic carbocycles. The first-order valence-electron chi connectivity index (χ1n) is 8.39. The number of anilines is 1. The molecule has 4 heteroatoms. The molecule has 4 rings (SSSR count). The van der Waals surface area contributed by atoms with Crippen LogP contribution in [-0.4, -0.2) is 16.5 Å². The van der Waals surface area contributed by atoms with E-state index in [-0.39, 0.29) is 0 Å². The van der Waals surface area contributed by atoms with Crippen molar-refractivity contribution in [2.24, 2.45) is 0 Å². The number of nitrogens with one attached hydrogen (secondary N) is 1. The molecule has 3 nitrogen and oxygen atoms in total. The standard InChI is InChI=1S/C21H19N3S/c1-15-4-2-3-5-16(15)10-13-23-21-24-19-7-6-18(14-20(19)25-21)17-8-11-22-12-9-17/h2-9,11-12,14H,10,13H2,1H3,(H,23,24). The van der Waals surface area contributed by atoms with Gasteiger partial charge in [-0.1, -0.05) is 41.7 Å². The Morgan fingerprint density at radius 3 is 2.64 bits per heavy atom. The van der Waals surface area contributed by atoms with Gasteiger partial charge in [0.15, 0.2) is 5.13 Å². The maximum atomic E-state index is 4.70. The van der Waals surface area contributed by atoms with Crippen molar-refractivity contribution in [2.75, 3.05) is 11.9 Å². The molecule has 0 spiro atoms. The van der Waals surface area contributed by atoms with Crippen molar-refractivity contribution in [3.63, 3.8) is 0 Å². The molecule has 0 aliphatic carbocycles. The van der Waals surface area contributed by atoms with Gasteiger partial charge in [-0.2, -0.15) is 0 Å². The van der Waals surface area contributed by atoms with Gasteiger partial charge < -0.3 is 5.32 Å². The van der Waals surface area contributed by atoms with Crippen molar-refractivity contribution >= 4 is 26.7 Å². The molecule has 124 valence electrons. The minimum Gasteiger partial charge on any atom is -0.361 e. The fraction of sp³-hybridized carbons (Fsp3) is 0.143. The minimum atomic E-state index is 0.891. The Hall–Kier alpha value is -2.72. The predicted octanol–water partition coefficient (Wildman–Crippen LogP) is 5.32. The van der Waals surface area contributed by atoms with Crippen LogP contribution in [-0.2, 0) is 6.42 Å². The number of aryl methyl sites for hydroxylation is 1. The van der Waals surface area contributed by atoms with E-state index in [9.17, 15) is 0 Å². The summed E-state index contributed by atoms with van der Waals surface area (Å²) in [5, 5.41) is 4.45. The van der Waals surface area contributed by atoms with Gasteiger partial charge in [0.1, 0.15) is 0 Å². The van der Waals surface area contributed by atoms with Gasteiger partial charge >= 0.3 is 0 Å². The van der Waals surface area contributed by atoms with Crippen LogP contribution < -0.4 is 5.32 Å². The maximum absolute atomic E-state index is 4.70. The van der Waals surface area contributed by atoms with Crippen LogP contribution in [0.5, 0.6) is 0 Å². The summed E-state index contributed by atoms with van der Waals surface area (Å²) in [6, 6.07) is 19.0. The Balaban J connectivity index is 1.49. The lowest BCUT2D eigenvalue weighted by Crippen LogP contribution is -2.05. The summed E-state index contributed by atoms with van der Waals surface area (Å²) in [5.74, 6) is 0. The highest BCUT2D eigenvalue weighted by Crippen LogP contribution is 2.30. The maximum Gasteiger partial charge on any atom is 0.183 e. The smallest absolute Gasteiger partial charge is 0.183 e. The van der Waals surface area contributed by atoms with Crippen LogP contribution in [0.4, 0.5) is 5.13 Å². The third-order valence-corrected chi connectivity index (χ3v) is 5.31. The van der Waals surface area contributed by atoms with Crippen LogP contribution in [0.15, 0.2) is 67.0 Å². The highest BCUT2D eigenvalue weighted by molar-refractivity contribution is 7.22. The number of fused-ring (bicyclic) bond motifs is 1. The summed E-state index contributed by atoms with van der Waals surface area (Å²) >= 11 is 1.71. The minimum absolute atomic E-state index is 0.891. The number of rotatable bonds is 5. The Kier molecular flexibility index (Phi) is 4.44. The SMILES string of the molecule is Cc1ccccc1CCNc1nc2ccc(-c3ccncc3)cc2s1. The molecule has 25 heavy (non-hydrogen) atoms. The summed E-state index contributed by atoms with van der Waals surface area (Å²) in [7, 11) is 0. The topological polar surface area (TPSA) is 37.8 Å². The van der Waals surface area contributed by atoms with Crippen molar-refractivity contribution in [1.29, 1.82) is 0 Å². The number of hydrogen-bond acceptors (Lipinski definition) is 4. The zero-order valence-corrected chi connectivity index (χ0v) is 14.9. The first kappa shape index (κ1) is 15.8. The van der Waals surface area contributed by atoms with Crippen molar-refractivity contribution in [1.82, 2.24) is 9.97 Å². The quantitative estimate of drug-likeness (QED) is 0.532. The van der Waals surface area contributed by atoms with E-state index in [0.29, 0.717) is 0 Å². The molecule has 0 saturated carbocycles. The first-order valence-corrected chi connectivity index (χ1v) is 9.20. The highest BCUT2D eigenvalue weighted by atomic mass is 32.1. The lowest BCUT2D eigenvalue weighted by atomic mass is 10.1. The van der Waals surface area contributed by atoms with E-state index in [2.05, 4.69) is 59.7 Å². The first-order chi connectivity index (χ1) is 12.3. The summed E-state index contributed by atoms with van der Waals surface area (Å²) in [5.41, 5.74) is 6.15. The molecule has 0 aliphatic rings. The molecule has 0 fully saturated rings. The Morgan fingerprint density at radius 2 is 1.80 bits per heavy atom. The van der Waals surface area contributed by atoms with E-state index in [1.165, 1.54) is 27.0 Å². The molecule has 0 atom stereocenters. The lowest BCUT2D eigenvalue weighted by molar-refractivity contribution is 1.00. The zero-order valence-electron chi connectivity index (χ0n) is 14.1. The molecule has 0 saturated heterocycles. The molecular formula is C21H19N3S. The van der Waals surface area contributed by atoms with E-state index in [1.54, 1.807) is 11.3 Å². The number of hydrogen-bond donors (Lipinski definition) is 1. The highest BCUT2D eigenvalue weighted by Gasteiger charge is 2.06. The summed E-state index contributed by atoms with van der Waals surface area (Å²) in [6.07, 6.45) is 4.65. The molecule has 0 aliphatic heterocycles. The van der Waals surface area contributed by atoms with E-state index < -0.39 is 0 Å². The van der Waals surface area contributed by atoms with E-state index >= 15 is 0 Å². The van der Waals surface area contributed by atoms with E-state index in [1.807, 2.05) is 24.5 Å². The second-order valence-corrected chi connectivity index (χ2v) is 7.07. The zero-order chi connectivity index (χ0) is 17.1. The Labute approximate surface area is 151 Å². The molecular weight excluding hydrogens is 326 g/mol. The summed E-state index contributed by atoms with van der Waals surface area (Å²) < 4.78 is 1.20. The largest absolute Gasteiger partial charge is 0.361 e. The van der Waals surface area contributed by atoms with E-state index in [0.717, 1.165) is 23.6 Å². The van der Waals surface area contributed by atoms with Crippen LogP contribution in [0, 0.1) is 6.92 Å². The molecule has 0 unspecified atom stereocenters. The third-order valence-electron chi connectivity index (χ3n) is 4.33. The molecule has 4 aromatic rings. The molecule has 0 bridgehead atoms. The Morgan fingerprint density at radius 1 is 0.960 bits per heavy atom. The number of thiazole rings is 1. The average molecular weight is 345 g/mol. The van der Waals surface area contributed by atoms with Gasteiger partial charge in [0.2, 0.25) is 0 Å². The van der Waals surface area contributed by atoms with Crippen molar-refractivity contribution in [2.45, 2.75) is 13.3 Å². The molecule has 0 radical (unpaired) electrons. The number of aromatic nitrogens is 2. The van der Waals surface area contributed by atoms with E-state index in [4.69, 9.17) is 4.98 Å². The van der Waals surface area contributed by atoms with Gasteiger partial charge in [-0.05, 0) is 59.9 Å². The number of pyridine rings is 1. The molecule has 1 N–H and O–H groups in total. The normalized spacial score (nSPS) is 10.9. The summed E-state index contributed by atoms with van der Waals surface area (Å²) in [4.78, 5) is 8.78. The fourth-order valence-electron chi connectivity index (χ4n) is 2.92. The lowest BCUT2D eigenvalue weighted by Gasteiger charge is -2.05. The van der Waals surface area contributed by atoms with Gasteiger partial charge in [0.05, 0.1) is 10.2 Å². The summed E-state index contributed by atoms with van der Waals surface area (Å²) in [6.45, 7) is 3.05. The Bertz CT molecular complexity index is 992. The molecule has 2 heterocycles. The third kappa shape index (κ3) is 3.54. The van der Waals surface area contributed by atoms with Crippen molar-refractivity contribution in [3.05, 3.63) is 78.1 Å². The number of benzene rings is 2.